The van der Waals surface area contributed by atoms with E-state index in [-0.39, 0.29) is 17.2 Å². The summed E-state index contributed by atoms with van der Waals surface area (Å²) in [6, 6.07) is 7.23. The van der Waals surface area contributed by atoms with Gasteiger partial charge in [-0.3, -0.25) is 29.0 Å². The Kier molecular flexibility index (Phi) is 13.5. The summed E-state index contributed by atoms with van der Waals surface area (Å²) in [4.78, 5) is 58.8. The van der Waals surface area contributed by atoms with Gasteiger partial charge in [0, 0.05) is 11.1 Å². The molecule has 6 rings (SSSR count). The van der Waals surface area contributed by atoms with Crippen molar-refractivity contribution in [3.63, 3.8) is 0 Å². The van der Waals surface area contributed by atoms with Crippen LogP contribution in [0.4, 0.5) is 0 Å². The van der Waals surface area contributed by atoms with E-state index in [9.17, 15) is 49.8 Å². The number of phenolic OH excluding ortho intramolecular Hbond substituents is 2. The number of phenols is 2. The number of rotatable bonds is 29. The van der Waals surface area contributed by atoms with Crippen LogP contribution in [-0.2, 0) is 44.9 Å². The van der Waals surface area contributed by atoms with E-state index in [4.69, 9.17) is 9.78 Å². The highest BCUT2D eigenvalue weighted by molar-refractivity contribution is 5.79. The first-order valence-corrected chi connectivity index (χ1v) is 21.7. The molecule has 0 aliphatic heterocycles. The van der Waals surface area contributed by atoms with Gasteiger partial charge in [0.2, 0.25) is 5.75 Å². The van der Waals surface area contributed by atoms with E-state index >= 15 is 0 Å². The minimum Gasteiger partial charge on any atom is -0.508 e. The van der Waals surface area contributed by atoms with Crippen LogP contribution in [0.3, 0.4) is 0 Å². The molecule has 0 saturated heterocycles. The summed E-state index contributed by atoms with van der Waals surface area (Å²) < 4.78 is 0. The molecule has 318 valence electrons. The first-order chi connectivity index (χ1) is 27.7. The second kappa shape index (κ2) is 18.2. The normalized spacial score (nSPS) is 18.6. The molecule has 0 amide bonds. The van der Waals surface area contributed by atoms with E-state index in [1.165, 1.54) is 0 Å². The van der Waals surface area contributed by atoms with Crippen molar-refractivity contribution in [2.24, 2.45) is 21.7 Å². The number of carboxylic acids is 4. The molecule has 2 aromatic carbocycles. The van der Waals surface area contributed by atoms with Crippen LogP contribution in [0.1, 0.15) is 164 Å². The average molecular weight is 807 g/mol. The highest BCUT2D eigenvalue weighted by Crippen LogP contribution is 2.52. The van der Waals surface area contributed by atoms with Crippen molar-refractivity contribution in [1.29, 1.82) is 0 Å². The lowest BCUT2D eigenvalue weighted by Gasteiger charge is -2.18. The van der Waals surface area contributed by atoms with Gasteiger partial charge in [0.25, 0.3) is 0 Å². The van der Waals surface area contributed by atoms with Crippen LogP contribution in [0.2, 0.25) is 0 Å². The van der Waals surface area contributed by atoms with Crippen molar-refractivity contribution in [1.82, 2.24) is 0 Å². The lowest BCUT2D eigenvalue weighted by atomic mass is 9.95. The molecule has 58 heavy (non-hydrogen) atoms. The first-order valence-electron chi connectivity index (χ1n) is 21.7. The summed E-state index contributed by atoms with van der Waals surface area (Å²) in [6.07, 6.45) is 17.8. The molecule has 0 radical (unpaired) electrons. The van der Waals surface area contributed by atoms with Gasteiger partial charge in [-0.2, -0.15) is 0 Å². The Balaban J connectivity index is 1.14. The smallest absolute Gasteiger partial charge is 0.309 e. The number of hydrogen-bond donors (Lipinski definition) is 6. The second-order valence-electron chi connectivity index (χ2n) is 18.2. The fraction of sp³-hybridized carbons (Fsp3) is 0.652. The maximum absolute atomic E-state index is 11.7. The minimum atomic E-state index is -0.751. The highest BCUT2D eigenvalue weighted by atomic mass is 17.2. The molecular formula is C46H62O12. The number of benzene rings is 2. The zero-order valence-electron chi connectivity index (χ0n) is 33.8. The van der Waals surface area contributed by atoms with Gasteiger partial charge in [-0.15, -0.1) is 0 Å². The predicted octanol–water partition coefficient (Wildman–Crippen LogP) is 9.56. The summed E-state index contributed by atoms with van der Waals surface area (Å²) in [5, 5.41) is 61.1. The zero-order chi connectivity index (χ0) is 41.6. The monoisotopic (exact) mass is 806 g/mol. The Hall–Kier alpha value is -4.48. The number of hydrogen-bond acceptors (Lipinski definition) is 8. The molecule has 0 atom stereocenters. The SMILES string of the molecule is O=C(O)C1(CCCCCc2cc(OOc3c(CCCCCC4(C(=O)O)CC4)ccc(CCCCC4(C(=O)O)CC4)c3O)c(CCCCC3(C(=O)O)CC3)cc2O)CC1. The quantitative estimate of drug-likeness (QED) is 0.0258. The predicted molar refractivity (Wildman–Crippen MR) is 214 cm³/mol. The zero-order valence-corrected chi connectivity index (χ0v) is 33.8. The van der Waals surface area contributed by atoms with Gasteiger partial charge in [0.05, 0.1) is 21.7 Å². The lowest BCUT2D eigenvalue weighted by Crippen LogP contribution is -2.14. The molecule has 6 N–H and O–H groups in total. The van der Waals surface area contributed by atoms with Crippen molar-refractivity contribution in [3.05, 3.63) is 46.5 Å². The Bertz CT molecular complexity index is 1810. The van der Waals surface area contributed by atoms with Gasteiger partial charge in [-0.05, 0) is 152 Å². The molecule has 4 fully saturated rings. The van der Waals surface area contributed by atoms with Crippen LogP contribution < -0.4 is 9.78 Å². The molecule has 2 aromatic rings. The molecule has 0 bridgehead atoms. The molecule has 0 spiro atoms. The van der Waals surface area contributed by atoms with Gasteiger partial charge in [0.1, 0.15) is 5.75 Å². The third-order valence-corrected chi connectivity index (χ3v) is 13.9. The van der Waals surface area contributed by atoms with Crippen LogP contribution in [0.5, 0.6) is 23.0 Å². The minimum absolute atomic E-state index is 0.0431. The average Bonchev–Trinajstić information content (AvgIpc) is 3.99. The Morgan fingerprint density at radius 1 is 0.448 bits per heavy atom. The van der Waals surface area contributed by atoms with E-state index in [1.807, 2.05) is 12.1 Å². The van der Waals surface area contributed by atoms with Gasteiger partial charge in [-0.25, -0.2) is 0 Å². The summed E-state index contributed by atoms with van der Waals surface area (Å²) in [5.74, 6) is -2.28. The molecule has 12 nitrogen and oxygen atoms in total. The van der Waals surface area contributed by atoms with E-state index in [0.29, 0.717) is 125 Å². The molecule has 4 aliphatic carbocycles. The van der Waals surface area contributed by atoms with Crippen molar-refractivity contribution < 1.29 is 59.6 Å². The molecule has 4 aliphatic rings. The molecule has 0 aromatic heterocycles. The Labute approximate surface area is 340 Å². The van der Waals surface area contributed by atoms with Crippen molar-refractivity contribution >= 4 is 23.9 Å². The Morgan fingerprint density at radius 3 is 1.24 bits per heavy atom. The fourth-order valence-electron chi connectivity index (χ4n) is 8.71. The number of carboxylic acid groups (broad SMARTS) is 4. The molecular weight excluding hydrogens is 744 g/mol. The van der Waals surface area contributed by atoms with Gasteiger partial charge in [-0.1, -0.05) is 50.7 Å². The van der Waals surface area contributed by atoms with E-state index < -0.39 is 45.5 Å². The number of aryl methyl sites for hydroxylation is 4. The van der Waals surface area contributed by atoms with Gasteiger partial charge in [0.15, 0.2) is 11.5 Å². The highest BCUT2D eigenvalue weighted by Gasteiger charge is 2.51. The number of aromatic hydroxyl groups is 2. The maximum atomic E-state index is 11.7. The van der Waals surface area contributed by atoms with Crippen molar-refractivity contribution in [3.8, 4) is 23.0 Å². The summed E-state index contributed by atoms with van der Waals surface area (Å²) >= 11 is 0. The third-order valence-electron chi connectivity index (χ3n) is 13.9. The van der Waals surface area contributed by atoms with Crippen molar-refractivity contribution in [2.75, 3.05) is 0 Å². The van der Waals surface area contributed by atoms with E-state index in [0.717, 1.165) is 69.8 Å². The number of aliphatic carboxylic acids is 4. The van der Waals surface area contributed by atoms with Gasteiger partial charge >= 0.3 is 23.9 Å². The van der Waals surface area contributed by atoms with Crippen LogP contribution >= 0.6 is 0 Å². The van der Waals surface area contributed by atoms with Crippen molar-refractivity contribution in [2.45, 2.75) is 167 Å². The number of unbranched alkanes of at least 4 members (excludes halogenated alkanes) is 6. The Morgan fingerprint density at radius 2 is 0.810 bits per heavy atom. The molecule has 4 saturated carbocycles. The van der Waals surface area contributed by atoms with Crippen LogP contribution in [0.15, 0.2) is 24.3 Å². The second-order valence-corrected chi connectivity index (χ2v) is 18.2. The van der Waals surface area contributed by atoms with Crippen LogP contribution in [0.25, 0.3) is 0 Å². The van der Waals surface area contributed by atoms with Crippen LogP contribution in [-0.4, -0.2) is 54.5 Å². The largest absolute Gasteiger partial charge is 0.508 e. The summed E-state index contributed by atoms with van der Waals surface area (Å²) in [5.41, 5.74) is 0.393. The van der Waals surface area contributed by atoms with Gasteiger partial charge < -0.3 is 30.6 Å². The van der Waals surface area contributed by atoms with E-state index in [1.54, 1.807) is 12.1 Å². The third kappa shape index (κ3) is 10.6. The topological polar surface area (TPSA) is 208 Å². The maximum Gasteiger partial charge on any atom is 0.309 e. The standard InChI is InChI=1S/C46H62O12/c47-35-29-34(14-6-10-20-46(27-28-46)42(55)56)36(30-33(35)13-4-2-8-18-44(23-24-44)40(51)52)57-58-38-32(12-3-1-7-17-43(21-22-43)39(49)50)16-15-31(37(38)48)11-5-9-19-45(25-26-45)41(53)54/h15-16,29-30,47-48H,1-14,17-28H2,(H,49,50)(H,51,52)(H,53,54)(H,55,56). The molecule has 12 heteroatoms. The van der Waals surface area contributed by atoms with E-state index in [2.05, 4.69) is 0 Å². The number of carbonyl (C=O) groups is 4. The van der Waals surface area contributed by atoms with Crippen LogP contribution in [0, 0.1) is 21.7 Å². The summed E-state index contributed by atoms with van der Waals surface area (Å²) in [7, 11) is 0. The lowest BCUT2D eigenvalue weighted by molar-refractivity contribution is -0.144. The first kappa shape index (κ1) is 43.1. The molecule has 0 heterocycles. The molecule has 0 unspecified atom stereocenters. The summed E-state index contributed by atoms with van der Waals surface area (Å²) in [6.45, 7) is 0. The fourth-order valence-corrected chi connectivity index (χ4v) is 8.71.